The van der Waals surface area contributed by atoms with Crippen LogP contribution in [0.1, 0.15) is 32.3 Å². The zero-order valence-electron chi connectivity index (χ0n) is 19.1. The molecule has 0 spiro atoms. The summed E-state index contributed by atoms with van der Waals surface area (Å²) < 4.78 is 37.8. The Morgan fingerprint density at radius 2 is 1.67 bits per heavy atom. The zero-order valence-corrected chi connectivity index (χ0v) is 19.9. The lowest BCUT2D eigenvalue weighted by Crippen LogP contribution is -2.41. The number of esters is 1. The zero-order chi connectivity index (χ0) is 24.0. The van der Waals surface area contributed by atoms with Crippen LogP contribution in [0.3, 0.4) is 0 Å². The average molecular weight is 475 g/mol. The Labute approximate surface area is 194 Å². The number of hydrogen-bond acceptors (Lipinski definition) is 6. The first-order chi connectivity index (χ1) is 15.7. The van der Waals surface area contributed by atoms with E-state index in [1.165, 1.54) is 11.2 Å². The number of rotatable bonds is 8. The second-order valence-electron chi connectivity index (χ2n) is 8.02. The van der Waals surface area contributed by atoms with Crippen molar-refractivity contribution in [3.8, 4) is 5.75 Å². The lowest BCUT2D eigenvalue weighted by atomic mass is 9.98. The van der Waals surface area contributed by atoms with Crippen molar-refractivity contribution in [2.45, 2.75) is 44.6 Å². The summed E-state index contributed by atoms with van der Waals surface area (Å²) in [5.74, 6) is -0.676. The van der Waals surface area contributed by atoms with E-state index in [-0.39, 0.29) is 18.0 Å². The van der Waals surface area contributed by atoms with Crippen molar-refractivity contribution in [3.63, 3.8) is 0 Å². The van der Waals surface area contributed by atoms with Gasteiger partial charge >= 0.3 is 5.97 Å². The van der Waals surface area contributed by atoms with Crippen molar-refractivity contribution in [2.24, 2.45) is 5.92 Å². The Balaban J connectivity index is 1.50. The third kappa shape index (κ3) is 6.33. The molecule has 2 aromatic rings. The smallest absolute Gasteiger partial charge is 0.309 e. The highest BCUT2D eigenvalue weighted by Gasteiger charge is 2.34. The highest BCUT2D eigenvalue weighted by molar-refractivity contribution is 7.89. The highest BCUT2D eigenvalue weighted by atomic mass is 32.2. The molecule has 3 rings (SSSR count). The van der Waals surface area contributed by atoms with E-state index < -0.39 is 33.9 Å². The van der Waals surface area contributed by atoms with Crippen LogP contribution in [0.15, 0.2) is 53.4 Å². The normalized spacial score (nSPS) is 16.1. The Kier molecular flexibility index (Phi) is 8.10. The van der Waals surface area contributed by atoms with Crippen LogP contribution in [0, 0.1) is 12.8 Å². The maximum absolute atomic E-state index is 12.8. The molecule has 9 heteroatoms. The van der Waals surface area contributed by atoms with Crippen LogP contribution in [0.25, 0.3) is 0 Å². The molecule has 0 radical (unpaired) electrons. The second kappa shape index (κ2) is 10.8. The molecule has 178 valence electrons. The van der Waals surface area contributed by atoms with E-state index in [1.54, 1.807) is 48.5 Å². The fourth-order valence-electron chi connectivity index (χ4n) is 3.56. The molecular weight excluding hydrogens is 444 g/mol. The predicted molar refractivity (Wildman–Crippen MR) is 124 cm³/mol. The largest absolute Gasteiger partial charge is 0.494 e. The first-order valence-corrected chi connectivity index (χ1v) is 12.5. The Morgan fingerprint density at radius 1 is 1.06 bits per heavy atom. The van der Waals surface area contributed by atoms with Gasteiger partial charge < -0.3 is 14.8 Å². The number of benzene rings is 2. The highest BCUT2D eigenvalue weighted by Crippen LogP contribution is 2.25. The quantitative estimate of drug-likeness (QED) is 0.589. The molecule has 1 atom stereocenters. The molecule has 0 aromatic heterocycles. The Bertz CT molecular complexity index is 1060. The third-order valence-corrected chi connectivity index (χ3v) is 7.45. The van der Waals surface area contributed by atoms with Crippen molar-refractivity contribution >= 4 is 27.6 Å². The van der Waals surface area contributed by atoms with Gasteiger partial charge in [0.1, 0.15) is 5.75 Å². The summed E-state index contributed by atoms with van der Waals surface area (Å²) in [6.45, 7) is 6.30. The molecule has 0 bridgehead atoms. The minimum atomic E-state index is -3.60. The number of piperidine rings is 1. The molecule has 0 aliphatic carbocycles. The predicted octanol–water partition coefficient (Wildman–Crippen LogP) is 3.36. The number of nitrogens with one attached hydrogen (secondary N) is 1. The van der Waals surface area contributed by atoms with Crippen LogP contribution in [0.4, 0.5) is 5.69 Å². The molecule has 1 unspecified atom stereocenters. The van der Waals surface area contributed by atoms with Crippen LogP contribution in [-0.2, 0) is 24.3 Å². The Hall–Kier alpha value is -2.91. The standard InChI is InChI=1S/C24H30N2O6S/c1-4-31-21-9-7-20(8-10-21)25-23(27)18(3)32-24(28)19-13-15-26(16-14-19)33(29,30)22-11-5-17(2)6-12-22/h5-12,18-19H,4,13-16H2,1-3H3,(H,25,27). The van der Waals surface area contributed by atoms with E-state index in [0.717, 1.165) is 5.56 Å². The number of anilines is 1. The molecule has 1 aliphatic rings. The first kappa shape index (κ1) is 24.7. The summed E-state index contributed by atoms with van der Waals surface area (Å²) in [7, 11) is -3.60. The van der Waals surface area contributed by atoms with Crippen LogP contribution in [0.5, 0.6) is 5.75 Å². The average Bonchev–Trinajstić information content (AvgIpc) is 2.81. The number of nitrogens with zero attached hydrogens (tertiary/aromatic N) is 1. The number of carbonyl (C=O) groups excluding carboxylic acids is 2. The molecule has 1 fully saturated rings. The van der Waals surface area contributed by atoms with Gasteiger partial charge in [-0.3, -0.25) is 9.59 Å². The SMILES string of the molecule is CCOc1ccc(NC(=O)C(C)OC(=O)C2CCN(S(=O)(=O)c3ccc(C)cc3)CC2)cc1. The van der Waals surface area contributed by atoms with E-state index in [1.807, 2.05) is 13.8 Å². The fourth-order valence-corrected chi connectivity index (χ4v) is 5.03. The topological polar surface area (TPSA) is 102 Å². The summed E-state index contributed by atoms with van der Waals surface area (Å²) in [4.78, 5) is 25.2. The fraction of sp³-hybridized carbons (Fsp3) is 0.417. The van der Waals surface area contributed by atoms with Gasteiger partial charge in [0.15, 0.2) is 6.10 Å². The summed E-state index contributed by atoms with van der Waals surface area (Å²) >= 11 is 0. The number of carbonyl (C=O) groups is 2. The number of ether oxygens (including phenoxy) is 2. The molecule has 0 saturated carbocycles. The van der Waals surface area contributed by atoms with Gasteiger partial charge in [-0.15, -0.1) is 0 Å². The van der Waals surface area contributed by atoms with Crippen molar-refractivity contribution in [2.75, 3.05) is 25.0 Å². The summed E-state index contributed by atoms with van der Waals surface area (Å²) in [5.41, 5.74) is 1.55. The van der Waals surface area contributed by atoms with Crippen LogP contribution in [-0.4, -0.2) is 50.4 Å². The van der Waals surface area contributed by atoms with Crippen LogP contribution < -0.4 is 10.1 Å². The number of amides is 1. The number of hydrogen-bond donors (Lipinski definition) is 1. The van der Waals surface area contributed by atoms with Gasteiger partial charge in [-0.05, 0) is 70.0 Å². The second-order valence-corrected chi connectivity index (χ2v) is 9.96. The summed E-state index contributed by atoms with van der Waals surface area (Å²) in [5, 5.41) is 2.71. The molecule has 2 aromatic carbocycles. The van der Waals surface area contributed by atoms with Gasteiger partial charge in [0.2, 0.25) is 10.0 Å². The van der Waals surface area contributed by atoms with Gasteiger partial charge in [-0.25, -0.2) is 8.42 Å². The van der Waals surface area contributed by atoms with Crippen molar-refractivity contribution in [1.29, 1.82) is 0 Å². The summed E-state index contributed by atoms with van der Waals surface area (Å²) in [6, 6.07) is 13.6. The van der Waals surface area contributed by atoms with Gasteiger partial charge in [-0.1, -0.05) is 17.7 Å². The minimum Gasteiger partial charge on any atom is -0.494 e. The van der Waals surface area contributed by atoms with E-state index >= 15 is 0 Å². The number of sulfonamides is 1. The van der Waals surface area contributed by atoms with Crippen LogP contribution in [0.2, 0.25) is 0 Å². The van der Waals surface area contributed by atoms with E-state index in [4.69, 9.17) is 9.47 Å². The van der Waals surface area contributed by atoms with Gasteiger partial charge in [-0.2, -0.15) is 4.31 Å². The Morgan fingerprint density at radius 3 is 2.24 bits per heavy atom. The maximum atomic E-state index is 12.8. The molecular formula is C24H30N2O6S. The molecule has 33 heavy (non-hydrogen) atoms. The molecule has 1 heterocycles. The minimum absolute atomic E-state index is 0.225. The molecule has 1 N–H and O–H groups in total. The number of aryl methyl sites for hydroxylation is 1. The summed E-state index contributed by atoms with van der Waals surface area (Å²) in [6.07, 6.45) is -0.285. The van der Waals surface area contributed by atoms with Crippen molar-refractivity contribution in [3.05, 3.63) is 54.1 Å². The van der Waals surface area contributed by atoms with Crippen molar-refractivity contribution in [1.82, 2.24) is 4.31 Å². The van der Waals surface area contributed by atoms with Gasteiger partial charge in [0.25, 0.3) is 5.91 Å². The molecule has 8 nitrogen and oxygen atoms in total. The molecule has 1 saturated heterocycles. The lowest BCUT2D eigenvalue weighted by Gasteiger charge is -2.30. The van der Waals surface area contributed by atoms with Gasteiger partial charge in [0.05, 0.1) is 17.4 Å². The van der Waals surface area contributed by atoms with E-state index in [0.29, 0.717) is 30.9 Å². The van der Waals surface area contributed by atoms with Crippen molar-refractivity contribution < 1.29 is 27.5 Å². The monoisotopic (exact) mass is 474 g/mol. The van der Waals surface area contributed by atoms with Gasteiger partial charge in [0, 0.05) is 18.8 Å². The maximum Gasteiger partial charge on any atom is 0.309 e. The van der Waals surface area contributed by atoms with Crippen LogP contribution >= 0.6 is 0 Å². The first-order valence-electron chi connectivity index (χ1n) is 11.0. The lowest BCUT2D eigenvalue weighted by molar-refractivity contribution is -0.158. The third-order valence-electron chi connectivity index (χ3n) is 5.54. The molecule has 1 aliphatic heterocycles. The van der Waals surface area contributed by atoms with E-state index in [9.17, 15) is 18.0 Å². The van der Waals surface area contributed by atoms with E-state index in [2.05, 4.69) is 5.32 Å². The molecule has 1 amide bonds.